The van der Waals surface area contributed by atoms with E-state index in [9.17, 15) is 0 Å². The molecule has 0 spiro atoms. The summed E-state index contributed by atoms with van der Waals surface area (Å²) in [5, 5.41) is 4.12. The Morgan fingerprint density at radius 3 is 2.27 bits per heavy atom. The summed E-state index contributed by atoms with van der Waals surface area (Å²) in [5.74, 6) is 3.00. The summed E-state index contributed by atoms with van der Waals surface area (Å²) in [6, 6.07) is 15.9. The molecule has 7 heteroatoms. The zero-order valence-corrected chi connectivity index (χ0v) is 17.6. The van der Waals surface area contributed by atoms with Crippen LogP contribution in [0, 0.1) is 6.92 Å². The number of methoxy groups -OCH3 is 1. The molecule has 2 heterocycles. The normalized spacial score (nSPS) is 15.3. The number of hydrogen-bond acceptors (Lipinski definition) is 7. The van der Waals surface area contributed by atoms with E-state index >= 15 is 0 Å². The predicted octanol–water partition coefficient (Wildman–Crippen LogP) is 3.25. The van der Waals surface area contributed by atoms with Gasteiger partial charge in [0.15, 0.2) is 0 Å². The molecule has 2 aromatic carbocycles. The summed E-state index contributed by atoms with van der Waals surface area (Å²) in [6.07, 6.45) is 0. The fourth-order valence-electron chi connectivity index (χ4n) is 3.47. The van der Waals surface area contributed by atoms with Crippen molar-refractivity contribution >= 4 is 0 Å². The number of piperazine rings is 1. The highest BCUT2D eigenvalue weighted by molar-refractivity contribution is 5.55. The van der Waals surface area contributed by atoms with Crippen LogP contribution in [0.1, 0.15) is 11.5 Å². The van der Waals surface area contributed by atoms with Crippen molar-refractivity contribution in [1.82, 2.24) is 19.9 Å². The zero-order valence-electron chi connectivity index (χ0n) is 17.6. The van der Waals surface area contributed by atoms with Crippen molar-refractivity contribution < 1.29 is 14.0 Å². The fraction of sp³-hybridized carbons (Fsp3) is 0.391. The third-order valence-electron chi connectivity index (χ3n) is 5.34. The van der Waals surface area contributed by atoms with E-state index < -0.39 is 0 Å². The Kier molecular flexibility index (Phi) is 6.61. The summed E-state index contributed by atoms with van der Waals surface area (Å²) in [7, 11) is 1.65. The lowest BCUT2D eigenvalue weighted by atomic mass is 10.2. The summed E-state index contributed by atoms with van der Waals surface area (Å²) in [6.45, 7) is 8.37. The molecule has 0 radical (unpaired) electrons. The molecule has 0 aliphatic carbocycles. The molecule has 0 N–H and O–H groups in total. The van der Waals surface area contributed by atoms with Gasteiger partial charge in [-0.1, -0.05) is 22.9 Å². The van der Waals surface area contributed by atoms with E-state index in [0.717, 1.165) is 49.8 Å². The second-order valence-electron chi connectivity index (χ2n) is 7.52. The van der Waals surface area contributed by atoms with Gasteiger partial charge in [-0.25, -0.2) is 0 Å². The Labute approximate surface area is 177 Å². The monoisotopic (exact) mass is 408 g/mol. The van der Waals surface area contributed by atoms with E-state index in [4.69, 9.17) is 14.0 Å². The maximum atomic E-state index is 5.85. The lowest BCUT2D eigenvalue weighted by Crippen LogP contribution is -2.47. The molecule has 0 saturated carbocycles. The number of aromatic nitrogens is 2. The van der Waals surface area contributed by atoms with Crippen molar-refractivity contribution in [3.05, 3.63) is 60.0 Å². The molecule has 1 saturated heterocycles. The van der Waals surface area contributed by atoms with Crippen molar-refractivity contribution in [2.24, 2.45) is 0 Å². The van der Waals surface area contributed by atoms with Gasteiger partial charge in [0.05, 0.1) is 13.7 Å². The Morgan fingerprint density at radius 2 is 1.57 bits per heavy atom. The number of hydrogen-bond donors (Lipinski definition) is 0. The van der Waals surface area contributed by atoms with E-state index in [-0.39, 0.29) is 0 Å². The SMILES string of the molecule is COc1ccc(-c2noc(CN3CCN(CCOc4ccc(C)cc4)CC3)n2)cc1. The molecule has 158 valence electrons. The second kappa shape index (κ2) is 9.73. The molecule has 0 atom stereocenters. The Balaban J connectivity index is 1.20. The summed E-state index contributed by atoms with van der Waals surface area (Å²) >= 11 is 0. The molecule has 0 amide bonds. The molecular weight excluding hydrogens is 380 g/mol. The third-order valence-corrected chi connectivity index (χ3v) is 5.34. The average molecular weight is 409 g/mol. The van der Waals surface area contributed by atoms with Crippen LogP contribution in [0.15, 0.2) is 53.1 Å². The molecule has 1 aromatic heterocycles. The minimum atomic E-state index is 0.611. The zero-order chi connectivity index (χ0) is 20.8. The Hall–Kier alpha value is -2.90. The molecule has 1 aliphatic rings. The Morgan fingerprint density at radius 1 is 0.900 bits per heavy atom. The van der Waals surface area contributed by atoms with Crippen LogP contribution in [-0.4, -0.2) is 66.4 Å². The van der Waals surface area contributed by atoms with Crippen molar-refractivity contribution in [3.63, 3.8) is 0 Å². The first-order valence-electron chi connectivity index (χ1n) is 10.3. The maximum absolute atomic E-state index is 5.85. The van der Waals surface area contributed by atoms with E-state index in [1.807, 2.05) is 36.4 Å². The van der Waals surface area contributed by atoms with E-state index in [1.54, 1.807) is 7.11 Å². The van der Waals surface area contributed by atoms with Crippen molar-refractivity contribution in [1.29, 1.82) is 0 Å². The summed E-state index contributed by atoms with van der Waals surface area (Å²) in [4.78, 5) is 9.33. The smallest absolute Gasteiger partial charge is 0.241 e. The highest BCUT2D eigenvalue weighted by atomic mass is 16.5. The van der Waals surface area contributed by atoms with E-state index in [2.05, 4.69) is 39.0 Å². The largest absolute Gasteiger partial charge is 0.497 e. The molecule has 7 nitrogen and oxygen atoms in total. The highest BCUT2D eigenvalue weighted by Gasteiger charge is 2.19. The third kappa shape index (κ3) is 5.37. The first kappa shape index (κ1) is 20.4. The topological polar surface area (TPSA) is 63.9 Å². The predicted molar refractivity (Wildman–Crippen MR) is 115 cm³/mol. The average Bonchev–Trinajstić information content (AvgIpc) is 3.25. The van der Waals surface area contributed by atoms with Gasteiger partial charge < -0.3 is 14.0 Å². The summed E-state index contributed by atoms with van der Waals surface area (Å²) < 4.78 is 16.5. The second-order valence-corrected chi connectivity index (χ2v) is 7.52. The standard InChI is InChI=1S/C23H28N4O3/c1-18-3-7-21(8-4-18)29-16-15-26-11-13-27(14-12-26)17-22-24-23(25-30-22)19-5-9-20(28-2)10-6-19/h3-10H,11-17H2,1-2H3. The minimum absolute atomic E-state index is 0.611. The number of nitrogens with zero attached hydrogens (tertiary/aromatic N) is 4. The van der Waals surface area contributed by atoms with Crippen molar-refractivity contribution in [3.8, 4) is 22.9 Å². The van der Waals surface area contributed by atoms with Crippen molar-refractivity contribution in [2.45, 2.75) is 13.5 Å². The highest BCUT2D eigenvalue weighted by Crippen LogP contribution is 2.20. The lowest BCUT2D eigenvalue weighted by molar-refractivity contribution is 0.104. The molecule has 0 unspecified atom stereocenters. The maximum Gasteiger partial charge on any atom is 0.241 e. The van der Waals surface area contributed by atoms with Crippen LogP contribution < -0.4 is 9.47 Å². The molecule has 1 aliphatic heterocycles. The van der Waals surface area contributed by atoms with Gasteiger partial charge in [0.1, 0.15) is 18.1 Å². The van der Waals surface area contributed by atoms with Gasteiger partial charge in [-0.2, -0.15) is 4.98 Å². The van der Waals surface area contributed by atoms with Gasteiger partial charge in [-0.15, -0.1) is 0 Å². The molecule has 0 bridgehead atoms. The number of benzene rings is 2. The molecule has 3 aromatic rings. The molecule has 4 rings (SSSR count). The first-order chi connectivity index (χ1) is 14.7. The van der Waals surface area contributed by atoms with Gasteiger partial charge >= 0.3 is 0 Å². The van der Waals surface area contributed by atoms with Gasteiger partial charge in [0.25, 0.3) is 0 Å². The number of ether oxygens (including phenoxy) is 2. The van der Waals surface area contributed by atoms with Gasteiger partial charge in [-0.3, -0.25) is 9.80 Å². The van der Waals surface area contributed by atoms with E-state index in [1.165, 1.54) is 5.56 Å². The van der Waals surface area contributed by atoms with E-state index in [0.29, 0.717) is 24.9 Å². The van der Waals surface area contributed by atoms with Crippen LogP contribution >= 0.6 is 0 Å². The molecule has 30 heavy (non-hydrogen) atoms. The number of aryl methyl sites for hydroxylation is 1. The van der Waals surface area contributed by atoms with Crippen LogP contribution in [0.4, 0.5) is 0 Å². The quantitative estimate of drug-likeness (QED) is 0.567. The van der Waals surface area contributed by atoms with Crippen molar-refractivity contribution in [2.75, 3.05) is 46.4 Å². The molecule has 1 fully saturated rings. The van der Waals surface area contributed by atoms with Crippen LogP contribution in [0.3, 0.4) is 0 Å². The summed E-state index contributed by atoms with van der Waals surface area (Å²) in [5.41, 5.74) is 2.17. The van der Waals surface area contributed by atoms with Crippen LogP contribution in [0.2, 0.25) is 0 Å². The lowest BCUT2D eigenvalue weighted by Gasteiger charge is -2.33. The van der Waals surface area contributed by atoms with Gasteiger partial charge in [0, 0.05) is 38.3 Å². The molecular formula is C23H28N4O3. The number of rotatable bonds is 8. The van der Waals surface area contributed by atoms with Crippen LogP contribution in [0.25, 0.3) is 11.4 Å². The minimum Gasteiger partial charge on any atom is -0.497 e. The van der Waals surface area contributed by atoms with Gasteiger partial charge in [0.2, 0.25) is 11.7 Å². The Bertz CT molecular complexity index is 916. The van der Waals surface area contributed by atoms with Crippen LogP contribution in [0.5, 0.6) is 11.5 Å². The van der Waals surface area contributed by atoms with Gasteiger partial charge in [-0.05, 0) is 43.3 Å². The van der Waals surface area contributed by atoms with Crippen LogP contribution in [-0.2, 0) is 6.54 Å². The first-order valence-corrected chi connectivity index (χ1v) is 10.3. The fourth-order valence-corrected chi connectivity index (χ4v) is 3.47.